The van der Waals surface area contributed by atoms with E-state index in [1.54, 1.807) is 20.8 Å². The van der Waals surface area contributed by atoms with E-state index in [1.807, 2.05) is 53.9 Å². The summed E-state index contributed by atoms with van der Waals surface area (Å²) in [4.78, 5) is 19.4. The molecule has 0 unspecified atom stereocenters. The molecular weight excluding hydrogens is 544 g/mol. The van der Waals surface area contributed by atoms with Crippen molar-refractivity contribution in [1.82, 2.24) is 14.6 Å². The van der Waals surface area contributed by atoms with Crippen molar-refractivity contribution in [2.24, 2.45) is 5.41 Å². The topological polar surface area (TPSA) is 80.0 Å². The second kappa shape index (κ2) is 12.3. The largest absolute Gasteiger partial charge is 0.469 e. The molecule has 1 N–H and O–H groups in total. The third-order valence-corrected chi connectivity index (χ3v) is 6.88. The Morgan fingerprint density at radius 1 is 1.26 bits per heavy atom. The number of hydrogen-bond donors (Lipinski definition) is 1. The average molecular weight is 584 g/mol. The van der Waals surface area contributed by atoms with Gasteiger partial charge in [-0.3, -0.25) is 4.79 Å². The first-order valence-electron chi connectivity index (χ1n) is 12.8. The Kier molecular flexibility index (Phi) is 9.54. The normalized spacial score (nSPS) is 15.3. The average Bonchev–Trinajstić information content (AvgIpc) is 3.26. The number of ether oxygens (including phenoxy) is 1. The Morgan fingerprint density at radius 2 is 1.92 bits per heavy atom. The molecule has 0 aliphatic carbocycles. The molecule has 204 valence electrons. The van der Waals surface area contributed by atoms with Gasteiger partial charge in [-0.1, -0.05) is 59.8 Å². The van der Waals surface area contributed by atoms with Gasteiger partial charge in [-0.05, 0) is 58.1 Å². The van der Waals surface area contributed by atoms with Crippen LogP contribution in [0.2, 0.25) is 0 Å². The molecule has 1 aromatic carbocycles. The quantitative estimate of drug-likeness (QED) is 0.271. The first kappa shape index (κ1) is 29.6. The van der Waals surface area contributed by atoms with Crippen molar-refractivity contribution >= 4 is 33.4 Å². The van der Waals surface area contributed by atoms with Gasteiger partial charge in [0.2, 0.25) is 0 Å². The minimum Gasteiger partial charge on any atom is -0.469 e. The number of piperidine rings is 1. The first-order valence-corrected chi connectivity index (χ1v) is 13.6. The highest BCUT2D eigenvalue weighted by molar-refractivity contribution is 9.10. The van der Waals surface area contributed by atoms with Crippen molar-refractivity contribution in [3.05, 3.63) is 70.9 Å². The molecule has 3 aromatic rings. The lowest BCUT2D eigenvalue weighted by atomic mass is 9.80. The molecule has 1 saturated heterocycles. The highest BCUT2D eigenvalue weighted by atomic mass is 79.9. The van der Waals surface area contributed by atoms with E-state index in [0.29, 0.717) is 0 Å². The lowest BCUT2D eigenvalue weighted by Gasteiger charge is -2.39. The van der Waals surface area contributed by atoms with Crippen molar-refractivity contribution in [3.8, 4) is 11.3 Å². The second-order valence-electron chi connectivity index (χ2n) is 11.0. The van der Waals surface area contributed by atoms with Crippen LogP contribution in [0.5, 0.6) is 0 Å². The highest BCUT2D eigenvalue weighted by Gasteiger charge is 2.31. The maximum absolute atomic E-state index is 12.3. The van der Waals surface area contributed by atoms with Gasteiger partial charge in [0.05, 0.1) is 24.8 Å². The summed E-state index contributed by atoms with van der Waals surface area (Å²) >= 11 is 3.55. The number of esters is 1. The number of methoxy groups -OCH3 is 1. The predicted octanol–water partition coefficient (Wildman–Crippen LogP) is 6.31. The lowest BCUT2D eigenvalue weighted by Crippen LogP contribution is -2.39. The van der Waals surface area contributed by atoms with Crippen LogP contribution in [-0.2, 0) is 16.0 Å². The number of rotatable bonds is 6. The Morgan fingerprint density at radius 3 is 2.50 bits per heavy atom. The van der Waals surface area contributed by atoms with Crippen LogP contribution in [0.1, 0.15) is 51.8 Å². The molecule has 3 heterocycles. The maximum atomic E-state index is 12.3. The van der Waals surface area contributed by atoms with E-state index >= 15 is 0 Å². The van der Waals surface area contributed by atoms with Gasteiger partial charge in [-0.15, -0.1) is 0 Å². The Balaban J connectivity index is 0.000000732. The monoisotopic (exact) mass is 582 g/mol. The maximum Gasteiger partial charge on any atom is 0.310 e. The van der Waals surface area contributed by atoms with Gasteiger partial charge < -0.3 is 14.7 Å². The summed E-state index contributed by atoms with van der Waals surface area (Å²) in [7, 11) is 1.42. The molecule has 1 fully saturated rings. The minimum absolute atomic E-state index is 0.125. The fraction of sp³-hybridized carbons (Fsp3) is 0.433. The number of nitrogens with zero attached hydrogens (tertiary/aromatic N) is 4. The van der Waals surface area contributed by atoms with Gasteiger partial charge in [-0.25, -0.2) is 4.98 Å². The van der Waals surface area contributed by atoms with Gasteiger partial charge in [0.15, 0.2) is 5.65 Å². The summed E-state index contributed by atoms with van der Waals surface area (Å²) < 4.78 is 7.88. The number of aryl methyl sites for hydroxylation is 1. The molecule has 0 amide bonds. The molecule has 38 heavy (non-hydrogen) atoms. The predicted molar refractivity (Wildman–Crippen MR) is 157 cm³/mol. The number of aromatic nitrogens is 3. The Hall–Kier alpha value is -2.97. The number of hydrogen-bond acceptors (Lipinski definition) is 6. The number of aliphatic hydroxyl groups is 1. The van der Waals surface area contributed by atoms with Crippen molar-refractivity contribution in [3.63, 3.8) is 0 Å². The van der Waals surface area contributed by atoms with Crippen LogP contribution < -0.4 is 4.90 Å². The summed E-state index contributed by atoms with van der Waals surface area (Å²) in [5, 5.41) is 13.5. The Bertz CT molecular complexity index is 1310. The molecule has 0 radical (unpaired) electrons. The number of fused-ring (bicyclic) bond motifs is 1. The van der Waals surface area contributed by atoms with Gasteiger partial charge in [0, 0.05) is 40.4 Å². The van der Waals surface area contributed by atoms with Crippen molar-refractivity contribution in [2.75, 3.05) is 25.1 Å². The second-order valence-corrected chi connectivity index (χ2v) is 11.9. The zero-order chi connectivity index (χ0) is 28.1. The van der Waals surface area contributed by atoms with Crippen LogP contribution in [-0.4, -0.2) is 51.5 Å². The third kappa shape index (κ3) is 7.77. The van der Waals surface area contributed by atoms with E-state index in [0.717, 1.165) is 64.4 Å². The van der Waals surface area contributed by atoms with E-state index in [9.17, 15) is 4.79 Å². The fourth-order valence-corrected chi connectivity index (χ4v) is 4.77. The summed E-state index contributed by atoms with van der Waals surface area (Å²) in [6.07, 6.45) is 8.27. The zero-order valence-corrected chi connectivity index (χ0v) is 24.9. The molecule has 7 nitrogen and oxygen atoms in total. The van der Waals surface area contributed by atoms with E-state index in [4.69, 9.17) is 19.9 Å². The zero-order valence-electron chi connectivity index (χ0n) is 23.3. The van der Waals surface area contributed by atoms with Gasteiger partial charge in [-0.2, -0.15) is 9.61 Å². The molecule has 0 spiro atoms. The molecule has 1 aliphatic heterocycles. The van der Waals surface area contributed by atoms with Crippen molar-refractivity contribution < 1.29 is 14.6 Å². The summed E-state index contributed by atoms with van der Waals surface area (Å²) in [5.41, 5.74) is 3.93. The first-order chi connectivity index (χ1) is 17.8. The molecule has 0 atom stereocenters. The number of carbonyl (C=O) groups excluding carboxylic acids is 1. The molecule has 0 bridgehead atoms. The standard InChI is InChI=1S/C26H29BrN4O2.C4H10O/c1-5-6-10-26(3)11-13-30(14-12-26)25-21(16-24(32)33-4)18(2)28-23-17-22(29-31(23)25)19-8-7-9-20(27)15-19;1-4(2,3)5/h5-10,15,17H,1,11-14,16H2,2-4H3;5H,1-3H3/b10-6+;. The number of allylic oxidation sites excluding steroid dienone is 3. The van der Waals surface area contributed by atoms with Gasteiger partial charge >= 0.3 is 5.97 Å². The van der Waals surface area contributed by atoms with Crippen LogP contribution in [0.4, 0.5) is 5.82 Å². The van der Waals surface area contributed by atoms with Crippen LogP contribution in [0, 0.1) is 12.3 Å². The van der Waals surface area contributed by atoms with Gasteiger partial charge in [0.25, 0.3) is 0 Å². The highest BCUT2D eigenvalue weighted by Crippen LogP contribution is 2.37. The summed E-state index contributed by atoms with van der Waals surface area (Å²) in [6, 6.07) is 10.1. The van der Waals surface area contributed by atoms with E-state index in [1.165, 1.54) is 7.11 Å². The van der Waals surface area contributed by atoms with Crippen LogP contribution in [0.25, 0.3) is 16.9 Å². The summed E-state index contributed by atoms with van der Waals surface area (Å²) in [5.74, 6) is 0.648. The lowest BCUT2D eigenvalue weighted by molar-refractivity contribution is -0.139. The van der Waals surface area contributed by atoms with Gasteiger partial charge in [0.1, 0.15) is 5.82 Å². The molecule has 2 aromatic heterocycles. The number of halogens is 1. The molecular formula is C30H39BrN4O3. The number of carbonyl (C=O) groups is 1. The number of benzene rings is 1. The fourth-order valence-electron chi connectivity index (χ4n) is 4.37. The molecule has 0 saturated carbocycles. The van der Waals surface area contributed by atoms with Crippen molar-refractivity contribution in [2.45, 2.75) is 59.5 Å². The van der Waals surface area contributed by atoms with E-state index in [2.05, 4.69) is 40.4 Å². The van der Waals surface area contributed by atoms with Crippen molar-refractivity contribution in [1.29, 1.82) is 0 Å². The minimum atomic E-state index is -0.500. The SMILES string of the molecule is C=C/C=C/C1(C)CCN(c2c(CC(=O)OC)c(C)nc3cc(-c4cccc(Br)c4)nn23)CC1.CC(C)(C)O. The summed E-state index contributed by atoms with van der Waals surface area (Å²) in [6.45, 7) is 15.0. The van der Waals surface area contributed by atoms with Crippen LogP contribution >= 0.6 is 15.9 Å². The smallest absolute Gasteiger partial charge is 0.310 e. The molecule has 8 heteroatoms. The van der Waals surface area contributed by atoms with E-state index < -0.39 is 5.60 Å². The number of anilines is 1. The van der Waals surface area contributed by atoms with Crippen LogP contribution in [0.3, 0.4) is 0 Å². The molecule has 4 rings (SSSR count). The van der Waals surface area contributed by atoms with E-state index in [-0.39, 0.29) is 17.8 Å². The Labute approximate surface area is 234 Å². The van der Waals surface area contributed by atoms with Crippen LogP contribution in [0.15, 0.2) is 59.6 Å². The third-order valence-electron chi connectivity index (χ3n) is 6.39. The molecule has 1 aliphatic rings.